The fourth-order valence-electron chi connectivity index (χ4n) is 6.28. The lowest BCUT2D eigenvalue weighted by molar-refractivity contribution is -0.137. The molecule has 2 amide bonds. The average Bonchev–Trinajstić information content (AvgIpc) is 3.69. The summed E-state index contributed by atoms with van der Waals surface area (Å²) in [6, 6.07) is 22.9. The molecule has 10 nitrogen and oxygen atoms in total. The van der Waals surface area contributed by atoms with Crippen molar-refractivity contribution in [1.82, 2.24) is 10.2 Å². The lowest BCUT2D eigenvalue weighted by atomic mass is 9.84. The van der Waals surface area contributed by atoms with E-state index in [1.165, 1.54) is 4.90 Å². The number of hydrogen-bond acceptors (Lipinski definition) is 8. The van der Waals surface area contributed by atoms with Crippen molar-refractivity contribution in [2.45, 2.75) is 62.0 Å². The van der Waals surface area contributed by atoms with E-state index >= 15 is 0 Å². The quantitative estimate of drug-likeness (QED) is 0.229. The van der Waals surface area contributed by atoms with Crippen LogP contribution in [0.15, 0.2) is 78.9 Å². The molecule has 0 bridgehead atoms. The molecule has 6 atom stereocenters. The molecule has 10 heteroatoms. The van der Waals surface area contributed by atoms with Crippen molar-refractivity contribution in [3.8, 4) is 5.75 Å². The van der Waals surface area contributed by atoms with Gasteiger partial charge >= 0.3 is 6.09 Å². The fraction of sp³-hybridized carbons (Fsp3) is 0.429. The van der Waals surface area contributed by atoms with E-state index in [0.29, 0.717) is 31.6 Å². The monoisotopic (exact) mass is 618 g/mol. The molecule has 3 aromatic rings. The van der Waals surface area contributed by atoms with Crippen LogP contribution in [0.4, 0.5) is 4.79 Å². The summed E-state index contributed by atoms with van der Waals surface area (Å²) in [5, 5.41) is 34.6. The number of rotatable bonds is 13. The van der Waals surface area contributed by atoms with Crippen molar-refractivity contribution < 1.29 is 39.1 Å². The van der Waals surface area contributed by atoms with Crippen LogP contribution in [0.1, 0.15) is 47.1 Å². The molecule has 3 aromatic carbocycles. The van der Waals surface area contributed by atoms with Crippen LogP contribution < -0.4 is 10.1 Å². The zero-order chi connectivity index (χ0) is 31.8. The Labute approximate surface area is 263 Å². The van der Waals surface area contributed by atoms with Crippen LogP contribution >= 0.6 is 0 Å². The van der Waals surface area contributed by atoms with Gasteiger partial charge in [0.15, 0.2) is 0 Å². The molecule has 5 rings (SSSR count). The Bertz CT molecular complexity index is 1400. The third-order valence-corrected chi connectivity index (χ3v) is 8.59. The Hall–Kier alpha value is -3.96. The molecule has 0 spiro atoms. The first-order valence-corrected chi connectivity index (χ1v) is 15.5. The Morgan fingerprint density at radius 3 is 2.49 bits per heavy atom. The number of likely N-dealkylation sites (N-methyl/N-ethyl adjacent to an activating group) is 1. The predicted molar refractivity (Wildman–Crippen MR) is 167 cm³/mol. The van der Waals surface area contributed by atoms with Crippen molar-refractivity contribution >= 4 is 12.0 Å². The molecule has 1 aliphatic carbocycles. The Kier molecular flexibility index (Phi) is 11.1. The third-order valence-electron chi connectivity index (χ3n) is 8.59. The van der Waals surface area contributed by atoms with E-state index in [4.69, 9.17) is 19.3 Å². The molecular weight excluding hydrogens is 576 g/mol. The lowest BCUT2D eigenvalue weighted by Gasteiger charge is -2.33. The third kappa shape index (κ3) is 8.20. The second-order valence-electron chi connectivity index (χ2n) is 11.7. The Morgan fingerprint density at radius 2 is 1.78 bits per heavy atom. The number of ether oxygens (including phenoxy) is 3. The summed E-state index contributed by atoms with van der Waals surface area (Å²) in [4.78, 5) is 28.6. The van der Waals surface area contributed by atoms with Crippen molar-refractivity contribution in [1.29, 1.82) is 0 Å². The largest absolute Gasteiger partial charge is 0.491 e. The molecule has 1 saturated heterocycles. The highest BCUT2D eigenvalue weighted by Gasteiger charge is 2.39. The molecule has 240 valence electrons. The minimum absolute atomic E-state index is 0.0931. The van der Waals surface area contributed by atoms with Gasteiger partial charge in [-0.05, 0) is 40.8 Å². The normalized spacial score (nSPS) is 20.9. The molecule has 45 heavy (non-hydrogen) atoms. The summed E-state index contributed by atoms with van der Waals surface area (Å²) < 4.78 is 16.4. The minimum Gasteiger partial charge on any atom is -0.491 e. The number of nitrogens with zero attached hydrogens (tertiary/aromatic N) is 1. The number of hydrogen-bond donors (Lipinski definition) is 4. The standard InChI is InChI=1S/C35H42N2O8/c1-37(33-28-10-6-5-9-25(28)20-32(33)40)34(41)30(36-35(42)45-27-15-17-43-22-27)21-31(39)29(19-23-7-3-2-4-8-23)24-11-13-26(14-12-24)44-18-16-38/h2-14,27,29-33,38-40H,15-22H2,1H3,(H,36,42)/t27-,29-,30+,31-,32+,33-/m0/s1. The number of aliphatic hydroxyl groups excluding tert-OH is 3. The summed E-state index contributed by atoms with van der Waals surface area (Å²) in [7, 11) is 1.61. The highest BCUT2D eigenvalue weighted by atomic mass is 16.6. The van der Waals surface area contributed by atoms with E-state index in [2.05, 4.69) is 5.32 Å². The molecule has 1 aliphatic heterocycles. The van der Waals surface area contributed by atoms with Crippen LogP contribution in [-0.4, -0.2) is 90.0 Å². The van der Waals surface area contributed by atoms with Gasteiger partial charge in [-0.3, -0.25) is 4.79 Å². The van der Waals surface area contributed by atoms with E-state index in [1.807, 2.05) is 66.7 Å². The first-order chi connectivity index (χ1) is 21.8. The second kappa shape index (κ2) is 15.4. The zero-order valence-electron chi connectivity index (χ0n) is 25.5. The molecule has 0 radical (unpaired) electrons. The summed E-state index contributed by atoms with van der Waals surface area (Å²) in [5.41, 5.74) is 3.65. The van der Waals surface area contributed by atoms with E-state index in [0.717, 1.165) is 22.3 Å². The van der Waals surface area contributed by atoms with E-state index in [9.17, 15) is 19.8 Å². The maximum atomic E-state index is 14.1. The number of benzene rings is 3. The summed E-state index contributed by atoms with van der Waals surface area (Å²) >= 11 is 0. The van der Waals surface area contributed by atoms with Gasteiger partial charge in [0.2, 0.25) is 5.91 Å². The van der Waals surface area contributed by atoms with Gasteiger partial charge in [0.05, 0.1) is 38.1 Å². The first-order valence-electron chi connectivity index (χ1n) is 15.5. The lowest BCUT2D eigenvalue weighted by Crippen LogP contribution is -2.51. The summed E-state index contributed by atoms with van der Waals surface area (Å²) in [6.45, 7) is 0.845. The number of fused-ring (bicyclic) bond motifs is 1. The molecule has 1 fully saturated rings. The van der Waals surface area contributed by atoms with E-state index < -0.39 is 48.3 Å². The zero-order valence-corrected chi connectivity index (χ0v) is 25.5. The van der Waals surface area contributed by atoms with Crippen molar-refractivity contribution in [2.24, 2.45) is 0 Å². The van der Waals surface area contributed by atoms with Crippen LogP contribution in [0, 0.1) is 0 Å². The number of alkyl carbamates (subject to hydrolysis) is 1. The van der Waals surface area contributed by atoms with Gasteiger partial charge in [0, 0.05) is 32.2 Å². The van der Waals surface area contributed by atoms with Gasteiger partial charge in [0.25, 0.3) is 0 Å². The molecule has 2 aliphatic rings. The van der Waals surface area contributed by atoms with Gasteiger partial charge in [-0.15, -0.1) is 0 Å². The van der Waals surface area contributed by atoms with Crippen molar-refractivity contribution in [2.75, 3.05) is 33.5 Å². The van der Waals surface area contributed by atoms with Crippen LogP contribution in [0.5, 0.6) is 5.75 Å². The second-order valence-corrected chi connectivity index (χ2v) is 11.7. The Morgan fingerprint density at radius 1 is 1.04 bits per heavy atom. The van der Waals surface area contributed by atoms with Crippen LogP contribution in [-0.2, 0) is 27.1 Å². The maximum absolute atomic E-state index is 14.1. The molecule has 4 N–H and O–H groups in total. The number of amides is 2. The van der Waals surface area contributed by atoms with Gasteiger partial charge in [-0.25, -0.2) is 4.79 Å². The topological polar surface area (TPSA) is 138 Å². The number of aliphatic hydroxyl groups is 3. The molecular formula is C35H42N2O8. The van der Waals surface area contributed by atoms with Crippen molar-refractivity contribution in [3.63, 3.8) is 0 Å². The van der Waals surface area contributed by atoms with E-state index in [1.54, 1.807) is 19.2 Å². The highest BCUT2D eigenvalue weighted by Crippen LogP contribution is 2.36. The number of carbonyl (C=O) groups is 2. The van der Waals surface area contributed by atoms with Crippen molar-refractivity contribution in [3.05, 3.63) is 101 Å². The smallest absolute Gasteiger partial charge is 0.408 e. The number of carbonyl (C=O) groups excluding carboxylic acids is 2. The molecule has 0 unspecified atom stereocenters. The van der Waals surface area contributed by atoms with Crippen LogP contribution in [0.3, 0.4) is 0 Å². The summed E-state index contributed by atoms with van der Waals surface area (Å²) in [5.74, 6) is -0.287. The highest BCUT2D eigenvalue weighted by molar-refractivity contribution is 5.86. The average molecular weight is 619 g/mol. The first kappa shape index (κ1) is 32.4. The van der Waals surface area contributed by atoms with Gasteiger partial charge in [0.1, 0.15) is 24.5 Å². The van der Waals surface area contributed by atoms with Gasteiger partial charge < -0.3 is 39.7 Å². The van der Waals surface area contributed by atoms with Gasteiger partial charge in [-0.2, -0.15) is 0 Å². The maximum Gasteiger partial charge on any atom is 0.408 e. The molecule has 1 heterocycles. The van der Waals surface area contributed by atoms with Gasteiger partial charge in [-0.1, -0.05) is 66.7 Å². The van der Waals surface area contributed by atoms with Crippen LogP contribution in [0.2, 0.25) is 0 Å². The minimum atomic E-state index is -1.13. The summed E-state index contributed by atoms with van der Waals surface area (Å²) in [6.07, 6.45) is -1.66. The van der Waals surface area contributed by atoms with Crippen LogP contribution in [0.25, 0.3) is 0 Å². The number of nitrogens with one attached hydrogen (secondary N) is 1. The van der Waals surface area contributed by atoms with E-state index in [-0.39, 0.29) is 26.2 Å². The molecule has 0 aromatic heterocycles. The predicted octanol–water partition coefficient (Wildman–Crippen LogP) is 3.14. The SMILES string of the molecule is CN(C(=O)[C@@H](C[C@H](O)[C@@H](Cc1ccccc1)c1ccc(OCCO)cc1)NC(=O)O[C@H]1CCOC1)[C@H]1c2ccccc2C[C@H]1O. The molecule has 0 saturated carbocycles. The fourth-order valence-corrected chi connectivity index (χ4v) is 6.28. The Balaban J connectivity index is 1.40.